The van der Waals surface area contributed by atoms with Gasteiger partial charge in [-0.2, -0.15) is 0 Å². The lowest BCUT2D eigenvalue weighted by atomic mass is 9.30. The molecule has 5 heteroatoms. The van der Waals surface area contributed by atoms with E-state index < -0.39 is 0 Å². The summed E-state index contributed by atoms with van der Waals surface area (Å²) in [7, 11) is 0. The third-order valence-corrected chi connectivity index (χ3v) is 11.8. The second-order valence-corrected chi connectivity index (χ2v) is 15.2. The van der Waals surface area contributed by atoms with E-state index in [-0.39, 0.29) is 13.4 Å². The number of fused-ring (bicyclic) bond motifs is 7. The van der Waals surface area contributed by atoms with Gasteiger partial charge in [-0.05, 0) is 89.3 Å². The van der Waals surface area contributed by atoms with E-state index in [0.29, 0.717) is 0 Å². The summed E-state index contributed by atoms with van der Waals surface area (Å²) in [6.07, 6.45) is 0. The summed E-state index contributed by atoms with van der Waals surface area (Å²) in [6, 6.07) is 43.1. The van der Waals surface area contributed by atoms with Crippen molar-refractivity contribution < 1.29 is 9.47 Å². The molecule has 5 heterocycles. The molecule has 0 unspecified atom stereocenters. The minimum absolute atomic E-state index is 0.0144. The third-order valence-electron chi connectivity index (χ3n) is 11.8. The van der Waals surface area contributed by atoms with Gasteiger partial charge in [0.15, 0.2) is 0 Å². The highest BCUT2D eigenvalue weighted by Gasteiger charge is 2.49. The molecule has 0 amide bonds. The summed E-state index contributed by atoms with van der Waals surface area (Å²) in [5, 5.41) is 2.60. The van der Waals surface area contributed by atoms with Gasteiger partial charge in [-0.25, -0.2) is 0 Å². The normalized spacial score (nSPS) is 13.7. The molecule has 4 aliphatic rings. The number of aromatic nitrogens is 1. The van der Waals surface area contributed by atoms with Gasteiger partial charge in [0.05, 0.1) is 0 Å². The van der Waals surface area contributed by atoms with Crippen LogP contribution in [0.5, 0.6) is 23.0 Å². The molecule has 0 bridgehead atoms. The van der Waals surface area contributed by atoms with Crippen LogP contribution in [0.2, 0.25) is 0 Å². The monoisotopic (exact) mass is 651 g/mol. The molecule has 4 aliphatic heterocycles. The first kappa shape index (κ1) is 27.8. The van der Waals surface area contributed by atoms with Gasteiger partial charge in [0, 0.05) is 39.1 Å². The van der Waals surface area contributed by atoms with E-state index in [4.69, 9.17) is 9.47 Å². The number of aryl methyl sites for hydroxylation is 4. The van der Waals surface area contributed by atoms with Crippen LogP contribution in [0, 0.1) is 27.7 Å². The van der Waals surface area contributed by atoms with E-state index in [0.717, 1.165) is 28.6 Å². The van der Waals surface area contributed by atoms with Gasteiger partial charge in [0.1, 0.15) is 23.0 Å². The Labute approximate surface area is 297 Å². The quantitative estimate of drug-likeness (QED) is 0.185. The Morgan fingerprint density at radius 2 is 1.00 bits per heavy atom. The lowest BCUT2D eigenvalue weighted by Gasteiger charge is -2.40. The average molecular weight is 651 g/mol. The van der Waals surface area contributed by atoms with Crippen molar-refractivity contribution in [1.82, 2.24) is 4.57 Å². The second kappa shape index (κ2) is 9.44. The highest BCUT2D eigenvalue weighted by Crippen LogP contribution is 2.45. The Bertz CT molecular complexity index is 2900. The van der Waals surface area contributed by atoms with Crippen LogP contribution in [-0.4, -0.2) is 18.0 Å². The summed E-state index contributed by atoms with van der Waals surface area (Å²) >= 11 is 0. The Morgan fingerprint density at radius 1 is 0.451 bits per heavy atom. The topological polar surface area (TPSA) is 23.4 Å². The Hall–Kier alpha value is -5.93. The predicted molar refractivity (Wildman–Crippen MR) is 213 cm³/mol. The van der Waals surface area contributed by atoms with Gasteiger partial charge in [0.25, 0.3) is 13.4 Å². The van der Waals surface area contributed by atoms with Gasteiger partial charge < -0.3 is 14.0 Å². The maximum Gasteiger partial charge on any atom is 0.256 e. The van der Waals surface area contributed by atoms with Crippen molar-refractivity contribution in [2.75, 3.05) is 0 Å². The van der Waals surface area contributed by atoms with E-state index in [2.05, 4.69) is 148 Å². The molecular formula is C46H31B2NO2. The van der Waals surface area contributed by atoms with E-state index in [9.17, 15) is 0 Å². The number of para-hydroxylation sites is 3. The van der Waals surface area contributed by atoms with Crippen molar-refractivity contribution in [3.63, 3.8) is 0 Å². The summed E-state index contributed by atoms with van der Waals surface area (Å²) in [5.74, 6) is 3.62. The van der Waals surface area contributed by atoms with Crippen molar-refractivity contribution in [3.8, 4) is 50.9 Å². The van der Waals surface area contributed by atoms with Crippen LogP contribution in [0.25, 0.3) is 49.7 Å². The molecule has 238 valence electrons. The molecule has 12 rings (SSSR count). The van der Waals surface area contributed by atoms with Crippen LogP contribution in [0.3, 0.4) is 0 Å². The molecule has 0 radical (unpaired) electrons. The number of benzene rings is 7. The zero-order valence-corrected chi connectivity index (χ0v) is 28.9. The lowest BCUT2D eigenvalue weighted by Crippen LogP contribution is -2.65. The minimum Gasteiger partial charge on any atom is -0.458 e. The van der Waals surface area contributed by atoms with Crippen LogP contribution in [0.1, 0.15) is 22.3 Å². The van der Waals surface area contributed by atoms with Crippen LogP contribution >= 0.6 is 0 Å². The largest absolute Gasteiger partial charge is 0.458 e. The number of hydrogen-bond donors (Lipinski definition) is 0. The lowest BCUT2D eigenvalue weighted by molar-refractivity contribution is 0.466. The van der Waals surface area contributed by atoms with Gasteiger partial charge in [-0.3, -0.25) is 0 Å². The van der Waals surface area contributed by atoms with Gasteiger partial charge in [0.2, 0.25) is 0 Å². The molecule has 0 fully saturated rings. The van der Waals surface area contributed by atoms with Crippen LogP contribution in [-0.2, 0) is 0 Å². The molecule has 1 aromatic heterocycles. The van der Waals surface area contributed by atoms with E-state index >= 15 is 0 Å². The standard InChI is InChI=1S/C46H31B2NO2/c1-24-15-25(2)18-28(17-24)29-21-33(30-19-26(3)16-27(4)20-30)46-37(22-29)48-36-13-8-10-32-31-9-7-12-35-43(31)49(44(32)36)45-41-39(23-40(51-46)42(45)48)50-38-14-6-5-11-34(38)47(35)41/h5-23H,1-4H3. The first-order chi connectivity index (χ1) is 24.9. The first-order valence-corrected chi connectivity index (χ1v) is 18.0. The van der Waals surface area contributed by atoms with Crippen molar-refractivity contribution in [2.45, 2.75) is 27.7 Å². The highest BCUT2D eigenvalue weighted by molar-refractivity contribution is 7.03. The second-order valence-electron chi connectivity index (χ2n) is 15.2. The summed E-state index contributed by atoms with van der Waals surface area (Å²) < 4.78 is 16.7. The maximum atomic E-state index is 7.30. The SMILES string of the molecule is Cc1cc(C)cc(-c2cc3c(c(-c4cc(C)cc(C)c4)c2)Oc2cc4c5c6c2B3c2cccc3c7cccc(c7n-6c23)B5c2ccccc2O4)c1. The van der Waals surface area contributed by atoms with Gasteiger partial charge >= 0.3 is 0 Å². The van der Waals surface area contributed by atoms with Gasteiger partial charge in [-0.15, -0.1) is 0 Å². The molecule has 7 aromatic carbocycles. The highest BCUT2D eigenvalue weighted by atomic mass is 16.5. The van der Waals surface area contributed by atoms with Crippen molar-refractivity contribution in [2.24, 2.45) is 0 Å². The number of rotatable bonds is 2. The van der Waals surface area contributed by atoms with E-state index in [1.165, 1.54) is 99.2 Å². The zero-order valence-electron chi connectivity index (χ0n) is 28.9. The van der Waals surface area contributed by atoms with E-state index in [1.807, 2.05) is 0 Å². The fourth-order valence-corrected chi connectivity index (χ4v) is 10.1. The third kappa shape index (κ3) is 3.51. The molecule has 0 spiro atoms. The molecule has 3 nitrogen and oxygen atoms in total. The smallest absolute Gasteiger partial charge is 0.256 e. The first-order valence-electron chi connectivity index (χ1n) is 18.0. The molecular weight excluding hydrogens is 620 g/mol. The molecule has 0 N–H and O–H groups in total. The van der Waals surface area contributed by atoms with Crippen LogP contribution < -0.4 is 42.3 Å². The number of ether oxygens (including phenoxy) is 2. The van der Waals surface area contributed by atoms with E-state index in [1.54, 1.807) is 0 Å². The zero-order chi connectivity index (χ0) is 33.9. The van der Waals surface area contributed by atoms with Gasteiger partial charge in [-0.1, -0.05) is 119 Å². The molecule has 0 aliphatic carbocycles. The van der Waals surface area contributed by atoms with Crippen molar-refractivity contribution in [1.29, 1.82) is 0 Å². The molecule has 0 saturated carbocycles. The maximum absolute atomic E-state index is 7.30. The predicted octanol–water partition coefficient (Wildman–Crippen LogP) is 7.22. The molecule has 0 saturated heterocycles. The summed E-state index contributed by atoms with van der Waals surface area (Å²) in [5.41, 5.74) is 21.2. The number of nitrogens with zero attached hydrogens (tertiary/aromatic N) is 1. The Balaban J connectivity index is 1.25. The minimum atomic E-state index is -0.0144. The molecule has 8 aromatic rings. The van der Waals surface area contributed by atoms with Crippen molar-refractivity contribution in [3.05, 3.63) is 138 Å². The molecule has 0 atom stereocenters. The summed E-state index contributed by atoms with van der Waals surface area (Å²) in [4.78, 5) is 0. The Kier molecular flexibility index (Phi) is 5.15. The molecule has 51 heavy (non-hydrogen) atoms. The fraction of sp³-hybridized carbons (Fsp3) is 0.0870. The van der Waals surface area contributed by atoms with Crippen LogP contribution in [0.4, 0.5) is 0 Å². The number of hydrogen-bond acceptors (Lipinski definition) is 2. The Morgan fingerprint density at radius 3 is 1.67 bits per heavy atom. The fourth-order valence-electron chi connectivity index (χ4n) is 10.1. The average Bonchev–Trinajstić information content (AvgIpc) is 3.46. The summed E-state index contributed by atoms with van der Waals surface area (Å²) in [6.45, 7) is 8.81. The van der Waals surface area contributed by atoms with Crippen molar-refractivity contribution >= 4 is 68.0 Å². The van der Waals surface area contributed by atoms with Crippen LogP contribution in [0.15, 0.2) is 115 Å².